The number of nitrogens with zero attached hydrogens (tertiary/aromatic N) is 2. The summed E-state index contributed by atoms with van der Waals surface area (Å²) in [4.78, 5) is 19.9. The molecule has 0 aliphatic rings. The lowest BCUT2D eigenvalue weighted by Gasteiger charge is -2.10. The maximum atomic E-state index is 11.4. The number of aromatic carboxylic acids is 1. The van der Waals surface area contributed by atoms with Crippen molar-refractivity contribution < 1.29 is 14.6 Å². The van der Waals surface area contributed by atoms with Gasteiger partial charge < -0.3 is 9.84 Å². The lowest BCUT2D eigenvalue weighted by atomic mass is 10.1. The van der Waals surface area contributed by atoms with E-state index in [1.165, 1.54) is 6.20 Å². The highest BCUT2D eigenvalue weighted by Crippen LogP contribution is 2.27. The summed E-state index contributed by atoms with van der Waals surface area (Å²) in [5, 5.41) is 9.34. The molecule has 0 unspecified atom stereocenters. The summed E-state index contributed by atoms with van der Waals surface area (Å²) in [6, 6.07) is 14.9. The van der Waals surface area contributed by atoms with E-state index in [0.717, 1.165) is 16.7 Å². The van der Waals surface area contributed by atoms with E-state index in [2.05, 4.69) is 9.97 Å². The number of rotatable bonds is 4. The lowest BCUT2D eigenvalue weighted by molar-refractivity contribution is 0.0693. The zero-order valence-electron chi connectivity index (χ0n) is 13.4. The van der Waals surface area contributed by atoms with Crippen LogP contribution < -0.4 is 4.74 Å². The first kappa shape index (κ1) is 15.7. The molecule has 1 aromatic heterocycles. The summed E-state index contributed by atoms with van der Waals surface area (Å²) in [5.41, 5.74) is 2.91. The topological polar surface area (TPSA) is 72.3 Å². The van der Waals surface area contributed by atoms with Crippen LogP contribution in [0.5, 0.6) is 11.6 Å². The zero-order chi connectivity index (χ0) is 17.1. The van der Waals surface area contributed by atoms with Crippen LogP contribution in [0.15, 0.2) is 54.7 Å². The van der Waals surface area contributed by atoms with Crippen molar-refractivity contribution in [2.45, 2.75) is 13.8 Å². The molecule has 1 N–H and O–H groups in total. The van der Waals surface area contributed by atoms with E-state index in [0.29, 0.717) is 11.6 Å². The van der Waals surface area contributed by atoms with Gasteiger partial charge in [0.1, 0.15) is 11.3 Å². The maximum absolute atomic E-state index is 11.4. The van der Waals surface area contributed by atoms with Crippen molar-refractivity contribution in [1.29, 1.82) is 0 Å². The smallest absolute Gasteiger partial charge is 0.342 e. The van der Waals surface area contributed by atoms with Crippen molar-refractivity contribution in [1.82, 2.24) is 9.97 Å². The van der Waals surface area contributed by atoms with Crippen molar-refractivity contribution in [3.8, 4) is 23.0 Å². The van der Waals surface area contributed by atoms with Gasteiger partial charge in [0.05, 0.1) is 0 Å². The molecular formula is C19H16N2O3. The highest BCUT2D eigenvalue weighted by molar-refractivity contribution is 5.90. The van der Waals surface area contributed by atoms with Gasteiger partial charge in [0.2, 0.25) is 5.88 Å². The third kappa shape index (κ3) is 3.25. The van der Waals surface area contributed by atoms with Gasteiger partial charge in [-0.1, -0.05) is 36.4 Å². The molecule has 120 valence electrons. The Morgan fingerprint density at radius 3 is 2.46 bits per heavy atom. The second-order valence-corrected chi connectivity index (χ2v) is 5.43. The number of hydrogen-bond donors (Lipinski definition) is 1. The highest BCUT2D eigenvalue weighted by atomic mass is 16.5. The maximum Gasteiger partial charge on any atom is 0.342 e. The molecule has 0 fully saturated rings. The molecule has 0 spiro atoms. The minimum Gasteiger partial charge on any atom is -0.477 e. The largest absolute Gasteiger partial charge is 0.477 e. The van der Waals surface area contributed by atoms with Crippen LogP contribution in [0.25, 0.3) is 11.4 Å². The van der Waals surface area contributed by atoms with Gasteiger partial charge in [-0.25, -0.2) is 9.78 Å². The molecule has 1 heterocycles. The fourth-order valence-electron chi connectivity index (χ4n) is 2.21. The van der Waals surface area contributed by atoms with Crippen LogP contribution in [0, 0.1) is 13.8 Å². The molecule has 5 heteroatoms. The second kappa shape index (κ2) is 6.50. The van der Waals surface area contributed by atoms with Crippen LogP contribution >= 0.6 is 0 Å². The standard InChI is InChI=1S/C19H16N2O3/c1-12-8-9-15(10-13(12)2)24-18-16(19(22)23)11-20-17(21-18)14-6-4-3-5-7-14/h3-11H,1-2H3,(H,22,23). The highest BCUT2D eigenvalue weighted by Gasteiger charge is 2.17. The first-order valence-corrected chi connectivity index (χ1v) is 7.45. The predicted octanol–water partition coefficient (Wildman–Crippen LogP) is 4.25. The van der Waals surface area contributed by atoms with Crippen LogP contribution in [0.3, 0.4) is 0 Å². The number of aromatic nitrogens is 2. The molecule has 0 radical (unpaired) electrons. The molecule has 3 rings (SSSR count). The van der Waals surface area contributed by atoms with Gasteiger partial charge in [0.25, 0.3) is 0 Å². The summed E-state index contributed by atoms with van der Waals surface area (Å²) in [6.45, 7) is 3.97. The quantitative estimate of drug-likeness (QED) is 0.778. The third-order valence-corrected chi connectivity index (χ3v) is 3.71. The van der Waals surface area contributed by atoms with E-state index in [1.807, 2.05) is 56.3 Å². The molecule has 0 aliphatic heterocycles. The Kier molecular flexibility index (Phi) is 4.24. The molecule has 2 aromatic carbocycles. The van der Waals surface area contributed by atoms with Crippen LogP contribution in [-0.2, 0) is 0 Å². The number of aryl methyl sites for hydroxylation is 2. The van der Waals surface area contributed by atoms with Gasteiger partial charge in [0.15, 0.2) is 5.82 Å². The first-order chi connectivity index (χ1) is 11.5. The zero-order valence-corrected chi connectivity index (χ0v) is 13.4. The number of benzene rings is 2. The van der Waals surface area contributed by atoms with Crippen LogP contribution in [0.4, 0.5) is 0 Å². The molecule has 0 saturated carbocycles. The Hall–Kier alpha value is -3.21. The normalized spacial score (nSPS) is 10.4. The fourth-order valence-corrected chi connectivity index (χ4v) is 2.21. The molecule has 0 atom stereocenters. The SMILES string of the molecule is Cc1ccc(Oc2nc(-c3ccccc3)ncc2C(=O)O)cc1C. The van der Waals surface area contributed by atoms with E-state index < -0.39 is 5.97 Å². The molecule has 0 bridgehead atoms. The second-order valence-electron chi connectivity index (χ2n) is 5.43. The van der Waals surface area contributed by atoms with Gasteiger partial charge in [-0.05, 0) is 37.1 Å². The fraction of sp³-hybridized carbons (Fsp3) is 0.105. The Morgan fingerprint density at radius 1 is 1.04 bits per heavy atom. The van der Waals surface area contributed by atoms with Crippen LogP contribution in [0.2, 0.25) is 0 Å². The summed E-state index contributed by atoms with van der Waals surface area (Å²) in [7, 11) is 0. The van der Waals surface area contributed by atoms with Crippen LogP contribution in [-0.4, -0.2) is 21.0 Å². The minimum atomic E-state index is -1.13. The van der Waals surface area contributed by atoms with Crippen molar-refractivity contribution in [2.75, 3.05) is 0 Å². The molecule has 3 aromatic rings. The van der Waals surface area contributed by atoms with Gasteiger partial charge in [0, 0.05) is 11.8 Å². The number of carbonyl (C=O) groups is 1. The number of carboxylic acids is 1. The number of ether oxygens (including phenoxy) is 1. The Balaban J connectivity index is 2.03. The van der Waals surface area contributed by atoms with E-state index >= 15 is 0 Å². The predicted molar refractivity (Wildman–Crippen MR) is 90.4 cm³/mol. The van der Waals surface area contributed by atoms with Gasteiger partial charge in [-0.15, -0.1) is 0 Å². The molecular weight excluding hydrogens is 304 g/mol. The monoisotopic (exact) mass is 320 g/mol. The number of hydrogen-bond acceptors (Lipinski definition) is 4. The molecule has 0 amide bonds. The van der Waals surface area contributed by atoms with E-state index in [4.69, 9.17) is 4.74 Å². The van der Waals surface area contributed by atoms with Gasteiger partial charge in [-0.3, -0.25) is 0 Å². The van der Waals surface area contributed by atoms with E-state index in [-0.39, 0.29) is 11.4 Å². The molecule has 0 aliphatic carbocycles. The lowest BCUT2D eigenvalue weighted by Crippen LogP contribution is -2.05. The van der Waals surface area contributed by atoms with Gasteiger partial charge >= 0.3 is 5.97 Å². The average Bonchev–Trinajstić information content (AvgIpc) is 2.59. The average molecular weight is 320 g/mol. The number of carboxylic acid groups (broad SMARTS) is 1. The molecule has 0 saturated heterocycles. The van der Waals surface area contributed by atoms with Crippen molar-refractivity contribution in [2.24, 2.45) is 0 Å². The Bertz CT molecular complexity index is 892. The Labute approximate surface area is 139 Å². The van der Waals surface area contributed by atoms with E-state index in [1.54, 1.807) is 6.07 Å². The van der Waals surface area contributed by atoms with Crippen molar-refractivity contribution >= 4 is 5.97 Å². The van der Waals surface area contributed by atoms with Crippen LogP contribution in [0.1, 0.15) is 21.5 Å². The van der Waals surface area contributed by atoms with Crippen molar-refractivity contribution in [3.05, 3.63) is 71.4 Å². The molecule has 24 heavy (non-hydrogen) atoms. The summed E-state index contributed by atoms with van der Waals surface area (Å²) >= 11 is 0. The van der Waals surface area contributed by atoms with Crippen molar-refractivity contribution in [3.63, 3.8) is 0 Å². The summed E-state index contributed by atoms with van der Waals surface area (Å²) < 4.78 is 5.74. The minimum absolute atomic E-state index is 0.0274. The van der Waals surface area contributed by atoms with E-state index in [9.17, 15) is 9.90 Å². The first-order valence-electron chi connectivity index (χ1n) is 7.45. The summed E-state index contributed by atoms with van der Waals surface area (Å²) in [5.74, 6) is -0.147. The summed E-state index contributed by atoms with van der Waals surface area (Å²) in [6.07, 6.45) is 1.27. The third-order valence-electron chi connectivity index (χ3n) is 3.71. The van der Waals surface area contributed by atoms with Gasteiger partial charge in [-0.2, -0.15) is 4.98 Å². The Morgan fingerprint density at radius 2 is 1.79 bits per heavy atom. The molecule has 5 nitrogen and oxygen atoms in total.